The maximum Gasteiger partial charge on any atom is 0.245 e. The summed E-state index contributed by atoms with van der Waals surface area (Å²) in [5, 5.41) is 8.38. The molecular weight excluding hydrogens is 326 g/mol. The molecule has 2 aliphatic rings. The van der Waals surface area contributed by atoms with Crippen molar-refractivity contribution in [1.82, 2.24) is 24.5 Å². The second-order valence-corrected chi connectivity index (χ2v) is 7.14. The van der Waals surface area contributed by atoms with Crippen LogP contribution < -0.4 is 0 Å². The fourth-order valence-corrected chi connectivity index (χ4v) is 3.82. The first kappa shape index (κ1) is 15.4. The minimum Gasteiger partial charge on any atom is -0.348 e. The molecule has 1 saturated carbocycles. The van der Waals surface area contributed by atoms with Crippen molar-refractivity contribution >= 4 is 5.91 Å². The van der Waals surface area contributed by atoms with Gasteiger partial charge < -0.3 is 9.47 Å². The fourth-order valence-electron chi connectivity index (χ4n) is 3.82. The zero-order valence-corrected chi connectivity index (χ0v) is 14.5. The maximum absolute atomic E-state index is 13.1. The number of amides is 1. The third-order valence-electron chi connectivity index (χ3n) is 5.32. The summed E-state index contributed by atoms with van der Waals surface area (Å²) in [6.07, 6.45) is 6.39. The average Bonchev–Trinajstić information content (AvgIpc) is 3.23. The summed E-state index contributed by atoms with van der Waals surface area (Å²) in [6, 6.07) is 14.3. The Labute approximate surface area is 152 Å². The molecule has 3 aromatic rings. The van der Waals surface area contributed by atoms with E-state index >= 15 is 0 Å². The molecule has 0 saturated heterocycles. The second-order valence-electron chi connectivity index (χ2n) is 7.14. The monoisotopic (exact) mass is 347 g/mol. The van der Waals surface area contributed by atoms with Crippen molar-refractivity contribution in [1.29, 1.82) is 0 Å². The predicted octanol–water partition coefficient (Wildman–Crippen LogP) is 2.59. The molecule has 0 radical (unpaired) electrons. The molecule has 0 spiro atoms. The van der Waals surface area contributed by atoms with Crippen molar-refractivity contribution in [2.75, 3.05) is 6.54 Å². The van der Waals surface area contributed by atoms with Crippen LogP contribution in [-0.4, -0.2) is 36.9 Å². The number of aromatic nitrogens is 4. The van der Waals surface area contributed by atoms with Gasteiger partial charge in [-0.2, -0.15) is 0 Å². The van der Waals surface area contributed by atoms with E-state index in [-0.39, 0.29) is 18.5 Å². The Morgan fingerprint density at radius 3 is 2.73 bits per heavy atom. The highest BCUT2D eigenvalue weighted by Gasteiger charge is 2.32. The molecule has 2 aromatic heterocycles. The summed E-state index contributed by atoms with van der Waals surface area (Å²) in [7, 11) is 0. The number of rotatable bonds is 4. The van der Waals surface area contributed by atoms with Crippen LogP contribution in [0.2, 0.25) is 0 Å². The Balaban J connectivity index is 1.43. The molecule has 1 aliphatic carbocycles. The number of hydrogen-bond donors (Lipinski definition) is 0. The molecule has 1 unspecified atom stereocenters. The Morgan fingerprint density at radius 2 is 1.92 bits per heavy atom. The molecule has 1 amide bonds. The number of nitrogens with zero attached hydrogens (tertiary/aromatic N) is 5. The lowest BCUT2D eigenvalue weighted by atomic mass is 10.00. The summed E-state index contributed by atoms with van der Waals surface area (Å²) >= 11 is 0. The van der Waals surface area contributed by atoms with E-state index in [1.807, 2.05) is 29.3 Å². The van der Waals surface area contributed by atoms with Crippen LogP contribution in [0.3, 0.4) is 0 Å². The van der Waals surface area contributed by atoms with Crippen LogP contribution in [0.25, 0.3) is 0 Å². The van der Waals surface area contributed by atoms with Gasteiger partial charge in [-0.1, -0.05) is 35.5 Å². The Hall–Kier alpha value is -2.89. The van der Waals surface area contributed by atoms with Gasteiger partial charge in [0, 0.05) is 37.1 Å². The molecule has 6 heteroatoms. The van der Waals surface area contributed by atoms with Gasteiger partial charge in [0.15, 0.2) is 0 Å². The third-order valence-corrected chi connectivity index (χ3v) is 5.32. The smallest absolute Gasteiger partial charge is 0.245 e. The van der Waals surface area contributed by atoms with Gasteiger partial charge in [-0.05, 0) is 30.5 Å². The number of fused-ring (bicyclic) bond motifs is 1. The molecule has 1 fully saturated rings. The highest BCUT2D eigenvalue weighted by molar-refractivity contribution is 5.77. The van der Waals surface area contributed by atoms with Crippen molar-refractivity contribution in [3.63, 3.8) is 0 Å². The van der Waals surface area contributed by atoms with E-state index in [0.29, 0.717) is 12.5 Å². The normalized spacial score (nSPS) is 19.4. The molecule has 1 aliphatic heterocycles. The highest BCUT2D eigenvalue weighted by Crippen LogP contribution is 2.38. The van der Waals surface area contributed by atoms with Gasteiger partial charge in [0.25, 0.3) is 0 Å². The Bertz CT molecular complexity index is 925. The lowest BCUT2D eigenvalue weighted by molar-refractivity contribution is -0.134. The van der Waals surface area contributed by atoms with Crippen molar-refractivity contribution in [2.45, 2.75) is 37.9 Å². The fraction of sp³-hybridized carbons (Fsp3) is 0.350. The van der Waals surface area contributed by atoms with Crippen molar-refractivity contribution in [3.8, 4) is 0 Å². The van der Waals surface area contributed by atoms with Crippen molar-refractivity contribution in [2.24, 2.45) is 0 Å². The van der Waals surface area contributed by atoms with Gasteiger partial charge in [0.1, 0.15) is 6.54 Å². The molecule has 5 rings (SSSR count). The van der Waals surface area contributed by atoms with E-state index in [9.17, 15) is 4.79 Å². The topological polar surface area (TPSA) is 56.0 Å². The highest BCUT2D eigenvalue weighted by atomic mass is 16.2. The minimum atomic E-state index is -0.0566. The third kappa shape index (κ3) is 2.71. The quantitative estimate of drug-likeness (QED) is 0.729. The largest absolute Gasteiger partial charge is 0.348 e. The molecule has 1 aromatic carbocycles. The number of benzene rings is 1. The van der Waals surface area contributed by atoms with E-state index in [0.717, 1.165) is 23.5 Å². The van der Waals surface area contributed by atoms with Crippen molar-refractivity contribution in [3.05, 3.63) is 71.8 Å². The molecule has 6 nitrogen and oxygen atoms in total. The first-order chi connectivity index (χ1) is 12.8. The summed E-state index contributed by atoms with van der Waals surface area (Å²) in [5.41, 5.74) is 3.32. The summed E-state index contributed by atoms with van der Waals surface area (Å²) < 4.78 is 3.92. The average molecular weight is 347 g/mol. The van der Waals surface area contributed by atoms with Crippen LogP contribution in [0.4, 0.5) is 0 Å². The second kappa shape index (κ2) is 6.12. The Morgan fingerprint density at radius 1 is 1.08 bits per heavy atom. The first-order valence-corrected chi connectivity index (χ1v) is 9.19. The minimum absolute atomic E-state index is 0.0566. The zero-order valence-electron chi connectivity index (χ0n) is 14.5. The number of carbonyl (C=O) groups is 1. The van der Waals surface area contributed by atoms with Gasteiger partial charge in [-0.3, -0.25) is 4.79 Å². The van der Waals surface area contributed by atoms with Crippen LogP contribution in [0, 0.1) is 0 Å². The van der Waals surface area contributed by atoms with E-state index in [1.165, 1.54) is 12.8 Å². The predicted molar refractivity (Wildman–Crippen MR) is 96.4 cm³/mol. The maximum atomic E-state index is 13.1. The number of carbonyl (C=O) groups excluding carboxylic acids is 1. The van der Waals surface area contributed by atoms with Gasteiger partial charge in [0.2, 0.25) is 5.91 Å². The van der Waals surface area contributed by atoms with E-state index in [4.69, 9.17) is 0 Å². The van der Waals surface area contributed by atoms with Crippen LogP contribution in [0.5, 0.6) is 0 Å². The summed E-state index contributed by atoms with van der Waals surface area (Å²) in [6.45, 7) is 1.76. The molecule has 0 N–H and O–H groups in total. The molecule has 1 atom stereocenters. The van der Waals surface area contributed by atoms with E-state index < -0.39 is 0 Å². The van der Waals surface area contributed by atoms with Gasteiger partial charge in [-0.15, -0.1) is 5.10 Å². The van der Waals surface area contributed by atoms with Crippen LogP contribution in [0.15, 0.2) is 54.9 Å². The molecule has 132 valence electrons. The van der Waals surface area contributed by atoms with E-state index in [2.05, 4.69) is 45.3 Å². The molecule has 3 heterocycles. The lowest BCUT2D eigenvalue weighted by Gasteiger charge is -2.37. The van der Waals surface area contributed by atoms with Gasteiger partial charge >= 0.3 is 0 Å². The molecular formula is C20H21N5O. The van der Waals surface area contributed by atoms with Crippen LogP contribution in [0.1, 0.15) is 41.8 Å². The zero-order chi connectivity index (χ0) is 17.5. The molecule has 26 heavy (non-hydrogen) atoms. The summed E-state index contributed by atoms with van der Waals surface area (Å²) in [5.74, 6) is 0.632. The first-order valence-electron chi connectivity index (χ1n) is 9.19. The van der Waals surface area contributed by atoms with Crippen molar-refractivity contribution < 1.29 is 4.79 Å². The van der Waals surface area contributed by atoms with Gasteiger partial charge in [-0.25, -0.2) is 4.68 Å². The molecule has 0 bridgehead atoms. The van der Waals surface area contributed by atoms with E-state index in [1.54, 1.807) is 4.68 Å². The Kier molecular flexibility index (Phi) is 3.62. The van der Waals surface area contributed by atoms with Crippen LogP contribution >= 0.6 is 0 Å². The lowest BCUT2D eigenvalue weighted by Crippen LogP contribution is -2.43. The SMILES string of the molecule is O=C(Cn1cc(C2CC2)nn1)N1CCn2cccc2C1c1ccccc1. The van der Waals surface area contributed by atoms with Crippen LogP contribution in [-0.2, 0) is 17.9 Å². The summed E-state index contributed by atoms with van der Waals surface area (Å²) in [4.78, 5) is 15.1. The number of hydrogen-bond acceptors (Lipinski definition) is 3. The van der Waals surface area contributed by atoms with Gasteiger partial charge in [0.05, 0.1) is 11.7 Å². The standard InChI is InChI=1S/C20H21N5O/c26-19(14-24-13-17(21-22-24)15-8-9-15)25-12-11-23-10-4-7-18(23)20(25)16-5-2-1-3-6-16/h1-7,10,13,15,20H,8-9,11-12,14H2.